The molecular formula is C20H17N3O5S. The first-order valence-corrected chi connectivity index (χ1v) is 8.93. The average Bonchev–Trinajstić information content (AvgIpc) is 3.15. The van der Waals surface area contributed by atoms with E-state index in [2.05, 4.69) is 10.6 Å². The molecule has 3 aromatic rings. The zero-order valence-corrected chi connectivity index (χ0v) is 16.4. The van der Waals surface area contributed by atoms with E-state index in [1.807, 2.05) is 13.0 Å². The topological polar surface area (TPSA) is 118 Å². The highest BCUT2D eigenvalue weighted by Gasteiger charge is 2.20. The number of amides is 1. The molecule has 0 bridgehead atoms. The molecule has 0 aliphatic rings. The molecule has 1 amide bonds. The van der Waals surface area contributed by atoms with Gasteiger partial charge in [-0.25, -0.2) is 0 Å². The monoisotopic (exact) mass is 411 g/mol. The molecule has 0 radical (unpaired) electrons. The Bertz CT molecular complexity index is 1120. The van der Waals surface area contributed by atoms with Gasteiger partial charge in [-0.15, -0.1) is 0 Å². The standard InChI is InChI=1S/C20H17N3O5S/c1-11-9-12(2)18(24)14(10-11)21-20(29)22-19(25)17-8-7-16(28-17)13-5-3-4-6-15(13)23(26)27/h3-10,24H,1-2H3,(H2,21,22,25,29). The second-order valence-corrected chi connectivity index (χ2v) is 6.73. The van der Waals surface area contributed by atoms with E-state index < -0.39 is 10.8 Å². The summed E-state index contributed by atoms with van der Waals surface area (Å²) >= 11 is 5.13. The normalized spacial score (nSPS) is 10.4. The first-order valence-electron chi connectivity index (χ1n) is 8.52. The van der Waals surface area contributed by atoms with Gasteiger partial charge < -0.3 is 14.8 Å². The van der Waals surface area contributed by atoms with Crippen LogP contribution in [0.25, 0.3) is 11.3 Å². The molecule has 1 heterocycles. The maximum Gasteiger partial charge on any atom is 0.293 e. The van der Waals surface area contributed by atoms with Crippen LogP contribution in [-0.2, 0) is 0 Å². The summed E-state index contributed by atoms with van der Waals surface area (Å²) in [5, 5.41) is 26.5. The Hall–Kier alpha value is -3.72. The number of para-hydroxylation sites is 1. The molecule has 0 fully saturated rings. The number of phenols is 1. The van der Waals surface area contributed by atoms with Crippen molar-refractivity contribution in [1.82, 2.24) is 5.32 Å². The lowest BCUT2D eigenvalue weighted by Crippen LogP contribution is -2.33. The number of nitrogens with zero attached hydrogens (tertiary/aromatic N) is 1. The molecule has 0 aliphatic carbocycles. The van der Waals surface area contributed by atoms with Crippen molar-refractivity contribution in [3.05, 3.63) is 75.5 Å². The lowest BCUT2D eigenvalue weighted by Gasteiger charge is -2.12. The molecule has 8 nitrogen and oxygen atoms in total. The van der Waals surface area contributed by atoms with Crippen LogP contribution in [-0.4, -0.2) is 21.0 Å². The van der Waals surface area contributed by atoms with E-state index in [0.29, 0.717) is 11.3 Å². The number of hydrogen-bond donors (Lipinski definition) is 3. The third kappa shape index (κ3) is 4.41. The Kier molecular flexibility index (Phi) is 5.60. The fourth-order valence-electron chi connectivity index (χ4n) is 2.82. The van der Waals surface area contributed by atoms with E-state index in [4.69, 9.17) is 16.6 Å². The number of nitrogens with one attached hydrogen (secondary N) is 2. The summed E-state index contributed by atoms with van der Waals surface area (Å²) in [6, 6.07) is 12.5. The van der Waals surface area contributed by atoms with Gasteiger partial charge in [0.1, 0.15) is 11.5 Å². The van der Waals surface area contributed by atoms with Gasteiger partial charge in [-0.3, -0.25) is 20.2 Å². The predicted molar refractivity (Wildman–Crippen MR) is 112 cm³/mol. The molecule has 3 N–H and O–H groups in total. The smallest absolute Gasteiger partial charge is 0.293 e. The van der Waals surface area contributed by atoms with Gasteiger partial charge in [-0.2, -0.15) is 0 Å². The number of aromatic hydroxyl groups is 1. The number of anilines is 1. The lowest BCUT2D eigenvalue weighted by molar-refractivity contribution is -0.384. The second-order valence-electron chi connectivity index (χ2n) is 6.32. The second kappa shape index (κ2) is 8.11. The van der Waals surface area contributed by atoms with Crippen molar-refractivity contribution in [3.63, 3.8) is 0 Å². The Morgan fingerprint density at radius 3 is 2.62 bits per heavy atom. The average molecular weight is 411 g/mol. The van der Waals surface area contributed by atoms with Gasteiger partial charge in [-0.05, 0) is 61.5 Å². The number of carbonyl (C=O) groups is 1. The summed E-state index contributed by atoms with van der Waals surface area (Å²) in [7, 11) is 0. The largest absolute Gasteiger partial charge is 0.505 e. The number of benzene rings is 2. The number of carbonyl (C=O) groups excluding carboxylic acids is 1. The van der Waals surface area contributed by atoms with E-state index in [0.717, 1.165) is 5.56 Å². The minimum atomic E-state index is -0.629. The summed E-state index contributed by atoms with van der Waals surface area (Å²) in [5.41, 5.74) is 2.08. The molecule has 0 aliphatic heterocycles. The number of furan rings is 1. The summed E-state index contributed by atoms with van der Waals surface area (Å²) in [5.74, 6) is -0.472. The van der Waals surface area contributed by atoms with Crippen LogP contribution in [0.15, 0.2) is 52.9 Å². The van der Waals surface area contributed by atoms with Crippen molar-refractivity contribution in [2.24, 2.45) is 0 Å². The molecule has 9 heteroatoms. The number of phenolic OH excluding ortho intramolecular Hbond substituents is 1. The highest BCUT2D eigenvalue weighted by atomic mass is 32.1. The number of rotatable bonds is 4. The fraction of sp³-hybridized carbons (Fsp3) is 0.100. The van der Waals surface area contributed by atoms with Crippen LogP contribution in [0.1, 0.15) is 21.7 Å². The molecule has 29 heavy (non-hydrogen) atoms. The fourth-order valence-corrected chi connectivity index (χ4v) is 3.02. The molecular weight excluding hydrogens is 394 g/mol. The molecule has 148 valence electrons. The first kappa shape index (κ1) is 20.0. The summed E-state index contributed by atoms with van der Waals surface area (Å²) in [6.45, 7) is 3.62. The maximum absolute atomic E-state index is 12.4. The van der Waals surface area contributed by atoms with Crippen molar-refractivity contribution < 1.29 is 19.2 Å². The van der Waals surface area contributed by atoms with Crippen molar-refractivity contribution in [1.29, 1.82) is 0 Å². The third-order valence-electron chi connectivity index (χ3n) is 4.12. The van der Waals surface area contributed by atoms with Crippen molar-refractivity contribution >= 4 is 34.6 Å². The number of nitro benzene ring substituents is 1. The van der Waals surface area contributed by atoms with Gasteiger partial charge in [-0.1, -0.05) is 18.2 Å². The van der Waals surface area contributed by atoms with Crippen LogP contribution in [0, 0.1) is 24.0 Å². The van der Waals surface area contributed by atoms with Gasteiger partial charge in [0.25, 0.3) is 11.6 Å². The number of hydrogen-bond acceptors (Lipinski definition) is 6. The highest BCUT2D eigenvalue weighted by molar-refractivity contribution is 7.80. The molecule has 0 saturated carbocycles. The third-order valence-corrected chi connectivity index (χ3v) is 4.32. The predicted octanol–water partition coefficient (Wildman–Crippen LogP) is 4.30. The van der Waals surface area contributed by atoms with E-state index in [1.165, 1.54) is 24.3 Å². The van der Waals surface area contributed by atoms with Crippen molar-refractivity contribution in [2.45, 2.75) is 13.8 Å². The zero-order chi connectivity index (χ0) is 21.1. The minimum Gasteiger partial charge on any atom is -0.505 e. The Labute approximate surface area is 171 Å². The molecule has 2 aromatic carbocycles. The molecule has 1 aromatic heterocycles. The van der Waals surface area contributed by atoms with Crippen LogP contribution in [0.4, 0.5) is 11.4 Å². The van der Waals surface area contributed by atoms with Gasteiger partial charge in [0, 0.05) is 6.07 Å². The zero-order valence-electron chi connectivity index (χ0n) is 15.6. The molecule has 0 unspecified atom stereocenters. The summed E-state index contributed by atoms with van der Waals surface area (Å²) in [4.78, 5) is 23.0. The van der Waals surface area contributed by atoms with Crippen molar-refractivity contribution in [2.75, 3.05) is 5.32 Å². The van der Waals surface area contributed by atoms with E-state index in [9.17, 15) is 20.0 Å². The number of aryl methyl sites for hydroxylation is 2. The Balaban J connectivity index is 1.74. The van der Waals surface area contributed by atoms with Crippen LogP contribution in [0.5, 0.6) is 5.75 Å². The molecule has 0 saturated heterocycles. The number of thiocarbonyl (C=S) groups is 1. The van der Waals surface area contributed by atoms with Crippen LogP contribution < -0.4 is 10.6 Å². The Morgan fingerprint density at radius 1 is 1.17 bits per heavy atom. The van der Waals surface area contributed by atoms with Crippen LogP contribution in [0.3, 0.4) is 0 Å². The SMILES string of the molecule is Cc1cc(C)c(O)c(NC(=S)NC(=O)c2ccc(-c3ccccc3[N+](=O)[O-])o2)c1. The summed E-state index contributed by atoms with van der Waals surface area (Å²) < 4.78 is 5.48. The first-order chi connectivity index (χ1) is 13.8. The molecule has 0 spiro atoms. The molecule has 3 rings (SSSR count). The lowest BCUT2D eigenvalue weighted by atomic mass is 10.1. The van der Waals surface area contributed by atoms with E-state index in [1.54, 1.807) is 25.1 Å². The Morgan fingerprint density at radius 2 is 1.90 bits per heavy atom. The van der Waals surface area contributed by atoms with Gasteiger partial charge >= 0.3 is 0 Å². The van der Waals surface area contributed by atoms with Crippen molar-refractivity contribution in [3.8, 4) is 17.1 Å². The quantitative estimate of drug-likeness (QED) is 0.253. The molecule has 0 atom stereocenters. The van der Waals surface area contributed by atoms with Gasteiger partial charge in [0.05, 0.1) is 16.2 Å². The maximum atomic E-state index is 12.4. The highest BCUT2D eigenvalue weighted by Crippen LogP contribution is 2.31. The van der Waals surface area contributed by atoms with Crippen LogP contribution in [0.2, 0.25) is 0 Å². The van der Waals surface area contributed by atoms with E-state index in [-0.39, 0.29) is 33.6 Å². The number of nitro groups is 1. The minimum absolute atomic E-state index is 0.0288. The summed E-state index contributed by atoms with van der Waals surface area (Å²) in [6.07, 6.45) is 0. The van der Waals surface area contributed by atoms with E-state index >= 15 is 0 Å². The van der Waals surface area contributed by atoms with Crippen LogP contribution >= 0.6 is 12.2 Å². The van der Waals surface area contributed by atoms with Gasteiger partial charge in [0.15, 0.2) is 10.9 Å². The van der Waals surface area contributed by atoms with Gasteiger partial charge in [0.2, 0.25) is 0 Å².